The molecule has 0 amide bonds. The number of aryl methyl sites for hydroxylation is 2. The number of hydrogen-bond donors (Lipinski definition) is 1. The molecule has 114 valence electrons. The van der Waals surface area contributed by atoms with Gasteiger partial charge < -0.3 is 9.73 Å². The van der Waals surface area contributed by atoms with E-state index in [0.717, 1.165) is 17.3 Å². The molecule has 1 atom stereocenters. The van der Waals surface area contributed by atoms with E-state index >= 15 is 0 Å². The summed E-state index contributed by atoms with van der Waals surface area (Å²) in [5, 5.41) is 3.46. The van der Waals surface area contributed by atoms with Gasteiger partial charge in [0.05, 0.1) is 12.2 Å². The zero-order valence-electron chi connectivity index (χ0n) is 13.9. The fraction of sp³-hybridized carbons (Fsp3) is 0.500. The molecule has 0 spiro atoms. The zero-order valence-corrected chi connectivity index (χ0v) is 13.9. The second-order valence-corrected chi connectivity index (χ2v) is 6.72. The number of hydrogen-bond acceptors (Lipinski definition) is 3. The molecule has 21 heavy (non-hydrogen) atoms. The maximum Gasteiger partial charge on any atom is 0.208 e. The zero-order chi connectivity index (χ0) is 15.6. The first-order valence-electron chi connectivity index (χ1n) is 7.54. The maximum absolute atomic E-state index is 5.59. The topological polar surface area (TPSA) is 38.1 Å². The molecule has 0 bridgehead atoms. The number of nitrogens with one attached hydrogen (secondary N) is 1. The Bertz CT molecular complexity index is 571. The van der Waals surface area contributed by atoms with Gasteiger partial charge in [0.1, 0.15) is 5.76 Å². The van der Waals surface area contributed by atoms with Crippen LogP contribution in [-0.2, 0) is 12.0 Å². The largest absolute Gasteiger partial charge is 0.444 e. The van der Waals surface area contributed by atoms with E-state index in [1.54, 1.807) is 0 Å². The Hall–Kier alpha value is -1.61. The van der Waals surface area contributed by atoms with Crippen LogP contribution < -0.4 is 5.32 Å². The molecule has 2 rings (SSSR count). The van der Waals surface area contributed by atoms with Gasteiger partial charge in [-0.2, -0.15) is 0 Å². The molecule has 1 aromatic carbocycles. The third-order valence-electron chi connectivity index (χ3n) is 3.91. The smallest absolute Gasteiger partial charge is 0.208 e. The molecule has 0 fully saturated rings. The van der Waals surface area contributed by atoms with Crippen LogP contribution in [0, 0.1) is 13.8 Å². The van der Waals surface area contributed by atoms with Gasteiger partial charge in [-0.3, -0.25) is 0 Å². The van der Waals surface area contributed by atoms with E-state index in [-0.39, 0.29) is 11.5 Å². The van der Waals surface area contributed by atoms with Gasteiger partial charge in [0, 0.05) is 6.04 Å². The van der Waals surface area contributed by atoms with Crippen molar-refractivity contribution in [1.82, 2.24) is 10.3 Å². The van der Waals surface area contributed by atoms with Crippen molar-refractivity contribution in [3.05, 3.63) is 52.7 Å². The first-order chi connectivity index (χ1) is 9.77. The quantitative estimate of drug-likeness (QED) is 0.903. The molecular formula is C18H26N2O. The first-order valence-corrected chi connectivity index (χ1v) is 7.54. The van der Waals surface area contributed by atoms with Crippen LogP contribution in [0.4, 0.5) is 0 Å². The van der Waals surface area contributed by atoms with Crippen LogP contribution in [-0.4, -0.2) is 4.98 Å². The molecule has 0 saturated carbocycles. The van der Waals surface area contributed by atoms with E-state index in [1.807, 2.05) is 13.8 Å². The van der Waals surface area contributed by atoms with E-state index in [9.17, 15) is 0 Å². The fourth-order valence-electron chi connectivity index (χ4n) is 2.24. The summed E-state index contributed by atoms with van der Waals surface area (Å²) in [7, 11) is 0. The molecule has 3 heteroatoms. The minimum atomic E-state index is 0.197. The van der Waals surface area contributed by atoms with Crippen molar-refractivity contribution in [2.75, 3.05) is 0 Å². The Morgan fingerprint density at radius 2 is 1.76 bits per heavy atom. The van der Waals surface area contributed by atoms with Gasteiger partial charge in [-0.1, -0.05) is 45.0 Å². The van der Waals surface area contributed by atoms with Gasteiger partial charge in [-0.25, -0.2) is 4.98 Å². The fourth-order valence-corrected chi connectivity index (χ4v) is 2.24. The molecule has 0 radical (unpaired) electrons. The Morgan fingerprint density at radius 3 is 2.24 bits per heavy atom. The van der Waals surface area contributed by atoms with Crippen LogP contribution in [0.1, 0.15) is 62.2 Å². The molecule has 0 aliphatic heterocycles. The van der Waals surface area contributed by atoms with Crippen molar-refractivity contribution in [3.8, 4) is 0 Å². The normalized spacial score (nSPS) is 13.4. The van der Waals surface area contributed by atoms with Crippen LogP contribution in [0.15, 0.2) is 28.7 Å². The van der Waals surface area contributed by atoms with E-state index in [4.69, 9.17) is 4.42 Å². The SMILES string of the molecule is Cc1nc(CNC(C)c2ccc(C(C)(C)C)cc2)oc1C. The number of aromatic nitrogens is 1. The summed E-state index contributed by atoms with van der Waals surface area (Å²) >= 11 is 0. The van der Waals surface area contributed by atoms with Crippen LogP contribution in [0.5, 0.6) is 0 Å². The van der Waals surface area contributed by atoms with E-state index < -0.39 is 0 Å². The summed E-state index contributed by atoms with van der Waals surface area (Å²) in [6.45, 7) is 13.4. The van der Waals surface area contributed by atoms with Crippen LogP contribution in [0.2, 0.25) is 0 Å². The van der Waals surface area contributed by atoms with Gasteiger partial charge in [0.2, 0.25) is 5.89 Å². The van der Waals surface area contributed by atoms with Crippen LogP contribution in [0.3, 0.4) is 0 Å². The van der Waals surface area contributed by atoms with Gasteiger partial charge >= 0.3 is 0 Å². The molecule has 1 heterocycles. The Balaban J connectivity index is 1.98. The average Bonchev–Trinajstić information content (AvgIpc) is 2.74. The minimum absolute atomic E-state index is 0.197. The van der Waals surface area contributed by atoms with Crippen LogP contribution >= 0.6 is 0 Å². The predicted molar refractivity (Wildman–Crippen MR) is 86.4 cm³/mol. The second-order valence-electron chi connectivity index (χ2n) is 6.72. The number of rotatable bonds is 4. The van der Waals surface area contributed by atoms with Crippen molar-refractivity contribution >= 4 is 0 Å². The van der Waals surface area contributed by atoms with E-state index in [1.165, 1.54) is 11.1 Å². The Labute approximate surface area is 127 Å². The second kappa shape index (κ2) is 6.02. The predicted octanol–water partition coefficient (Wildman–Crippen LogP) is 4.44. The lowest BCUT2D eigenvalue weighted by atomic mass is 9.86. The highest BCUT2D eigenvalue weighted by atomic mass is 16.4. The number of oxazole rings is 1. The maximum atomic E-state index is 5.59. The van der Waals surface area contributed by atoms with Gasteiger partial charge in [0.25, 0.3) is 0 Å². The third kappa shape index (κ3) is 3.94. The highest BCUT2D eigenvalue weighted by molar-refractivity contribution is 5.29. The molecule has 1 unspecified atom stereocenters. The van der Waals surface area contributed by atoms with E-state index in [2.05, 4.69) is 62.3 Å². The molecule has 1 aromatic heterocycles. The lowest BCUT2D eigenvalue weighted by Gasteiger charge is -2.20. The summed E-state index contributed by atoms with van der Waals surface area (Å²) in [4.78, 5) is 4.39. The number of benzene rings is 1. The average molecular weight is 286 g/mol. The van der Waals surface area contributed by atoms with Crippen molar-refractivity contribution < 1.29 is 4.42 Å². The Kier molecular flexibility index (Phi) is 4.52. The molecule has 1 N–H and O–H groups in total. The standard InChI is InChI=1S/C18H26N2O/c1-12-14(3)21-17(20-12)11-19-13(2)15-7-9-16(10-8-15)18(4,5)6/h7-10,13,19H,11H2,1-6H3. The molecule has 0 saturated heterocycles. The highest BCUT2D eigenvalue weighted by Gasteiger charge is 2.14. The molecule has 3 nitrogen and oxygen atoms in total. The summed E-state index contributed by atoms with van der Waals surface area (Å²) < 4.78 is 5.59. The van der Waals surface area contributed by atoms with Gasteiger partial charge in [-0.15, -0.1) is 0 Å². The third-order valence-corrected chi connectivity index (χ3v) is 3.91. The highest BCUT2D eigenvalue weighted by Crippen LogP contribution is 2.24. The van der Waals surface area contributed by atoms with Gasteiger partial charge in [0.15, 0.2) is 0 Å². The Morgan fingerprint density at radius 1 is 1.14 bits per heavy atom. The van der Waals surface area contributed by atoms with Gasteiger partial charge in [-0.05, 0) is 37.3 Å². The summed E-state index contributed by atoms with van der Waals surface area (Å²) in [5.41, 5.74) is 3.80. The summed E-state index contributed by atoms with van der Waals surface area (Å²) in [6.07, 6.45) is 0. The molecular weight excluding hydrogens is 260 g/mol. The van der Waals surface area contributed by atoms with Crippen molar-refractivity contribution in [3.63, 3.8) is 0 Å². The van der Waals surface area contributed by atoms with Crippen molar-refractivity contribution in [1.29, 1.82) is 0 Å². The minimum Gasteiger partial charge on any atom is -0.444 e. The van der Waals surface area contributed by atoms with Crippen molar-refractivity contribution in [2.45, 2.75) is 59.5 Å². The molecule has 0 aliphatic carbocycles. The summed E-state index contributed by atoms with van der Waals surface area (Å²) in [5.74, 6) is 1.65. The lowest BCUT2D eigenvalue weighted by molar-refractivity contribution is 0.432. The van der Waals surface area contributed by atoms with E-state index in [0.29, 0.717) is 6.54 Å². The first kappa shape index (κ1) is 15.8. The lowest BCUT2D eigenvalue weighted by Crippen LogP contribution is -2.18. The number of nitrogens with zero attached hydrogens (tertiary/aromatic N) is 1. The molecule has 0 aliphatic rings. The summed E-state index contributed by atoms with van der Waals surface area (Å²) in [6, 6.07) is 9.10. The van der Waals surface area contributed by atoms with Crippen molar-refractivity contribution in [2.24, 2.45) is 0 Å². The monoisotopic (exact) mass is 286 g/mol. The molecule has 2 aromatic rings. The van der Waals surface area contributed by atoms with Crippen LogP contribution in [0.25, 0.3) is 0 Å².